The third-order valence-corrected chi connectivity index (χ3v) is 3.41. The van der Waals surface area contributed by atoms with Gasteiger partial charge in [0.15, 0.2) is 5.82 Å². The largest absolute Gasteiger partial charge is 0.324 e. The average molecular weight is 287 g/mol. The van der Waals surface area contributed by atoms with Crippen molar-refractivity contribution in [3.8, 4) is 5.69 Å². The summed E-state index contributed by atoms with van der Waals surface area (Å²) in [5, 5.41) is 14.7. The molecule has 0 aliphatic heterocycles. The number of hydrogen-bond acceptors (Lipinski definition) is 4. The van der Waals surface area contributed by atoms with Gasteiger partial charge in [0.05, 0.1) is 11.4 Å². The van der Waals surface area contributed by atoms with Crippen molar-refractivity contribution in [2.45, 2.75) is 40.0 Å². The number of aryl methyl sites for hydroxylation is 1. The molecule has 0 saturated carbocycles. The molecule has 1 heterocycles. The van der Waals surface area contributed by atoms with E-state index in [4.69, 9.17) is 0 Å². The smallest absolute Gasteiger partial charge is 0.227 e. The second kappa shape index (κ2) is 6.97. The minimum absolute atomic E-state index is 0.0115. The molecule has 0 bridgehead atoms. The number of carbonyl (C=O) groups excluding carboxylic acids is 1. The van der Waals surface area contributed by atoms with Gasteiger partial charge in [0.1, 0.15) is 0 Å². The number of amides is 1. The SMILES string of the molecule is CCCC(C)C(=O)Nc1ccccc1-n1nnnc1CC. The highest BCUT2D eigenvalue weighted by molar-refractivity contribution is 5.94. The fourth-order valence-corrected chi connectivity index (χ4v) is 2.20. The van der Waals surface area contributed by atoms with Crippen LogP contribution in [0.15, 0.2) is 24.3 Å². The lowest BCUT2D eigenvalue weighted by atomic mass is 10.1. The molecule has 1 aromatic carbocycles. The van der Waals surface area contributed by atoms with Gasteiger partial charge in [-0.15, -0.1) is 5.10 Å². The first-order valence-electron chi connectivity index (χ1n) is 7.34. The summed E-state index contributed by atoms with van der Waals surface area (Å²) in [6, 6.07) is 7.56. The first-order chi connectivity index (χ1) is 10.2. The number of rotatable bonds is 6. The Morgan fingerprint density at radius 3 is 2.81 bits per heavy atom. The van der Waals surface area contributed by atoms with Crippen LogP contribution in [-0.2, 0) is 11.2 Å². The standard InChI is InChI=1S/C15H21N5O/c1-4-8-11(3)15(21)16-12-9-6-7-10-13(12)20-14(5-2)17-18-19-20/h6-7,9-11H,4-5,8H2,1-3H3,(H,16,21). The summed E-state index contributed by atoms with van der Waals surface area (Å²) in [5.41, 5.74) is 1.52. The number of nitrogens with zero attached hydrogens (tertiary/aromatic N) is 4. The maximum atomic E-state index is 12.2. The Balaban J connectivity index is 2.28. The highest BCUT2D eigenvalue weighted by Gasteiger charge is 2.16. The third kappa shape index (κ3) is 3.45. The number of carbonyl (C=O) groups is 1. The van der Waals surface area contributed by atoms with E-state index in [0.717, 1.165) is 36.5 Å². The molecule has 2 rings (SSSR count). The summed E-state index contributed by atoms with van der Waals surface area (Å²) in [6.45, 7) is 6.01. The second-order valence-electron chi connectivity index (χ2n) is 5.06. The Morgan fingerprint density at radius 2 is 2.10 bits per heavy atom. The number of hydrogen-bond donors (Lipinski definition) is 1. The maximum absolute atomic E-state index is 12.2. The van der Waals surface area contributed by atoms with Crippen molar-refractivity contribution in [3.05, 3.63) is 30.1 Å². The molecule has 1 aromatic heterocycles. The molecule has 1 unspecified atom stereocenters. The molecule has 1 amide bonds. The van der Waals surface area contributed by atoms with Gasteiger partial charge in [0, 0.05) is 12.3 Å². The van der Waals surface area contributed by atoms with Crippen LogP contribution < -0.4 is 5.32 Å². The summed E-state index contributed by atoms with van der Waals surface area (Å²) in [6.07, 6.45) is 2.59. The van der Waals surface area contributed by atoms with E-state index in [-0.39, 0.29) is 11.8 Å². The molecule has 0 saturated heterocycles. The first kappa shape index (κ1) is 15.2. The Morgan fingerprint density at radius 1 is 1.33 bits per heavy atom. The van der Waals surface area contributed by atoms with Gasteiger partial charge in [-0.3, -0.25) is 4.79 Å². The van der Waals surface area contributed by atoms with Crippen LogP contribution >= 0.6 is 0 Å². The third-order valence-electron chi connectivity index (χ3n) is 3.41. The van der Waals surface area contributed by atoms with Gasteiger partial charge in [0.25, 0.3) is 0 Å². The zero-order valence-electron chi connectivity index (χ0n) is 12.7. The molecule has 2 aromatic rings. The van der Waals surface area contributed by atoms with Gasteiger partial charge in [-0.1, -0.05) is 39.3 Å². The van der Waals surface area contributed by atoms with E-state index < -0.39 is 0 Å². The zero-order chi connectivity index (χ0) is 15.2. The summed E-state index contributed by atoms with van der Waals surface area (Å²) in [4.78, 5) is 12.2. The van der Waals surface area contributed by atoms with Crippen LogP contribution in [0.2, 0.25) is 0 Å². The van der Waals surface area contributed by atoms with Crippen LogP contribution in [0.5, 0.6) is 0 Å². The number of anilines is 1. The molecule has 0 radical (unpaired) electrons. The van der Waals surface area contributed by atoms with Gasteiger partial charge < -0.3 is 5.32 Å². The van der Waals surface area contributed by atoms with Crippen molar-refractivity contribution in [1.82, 2.24) is 20.2 Å². The molecule has 6 nitrogen and oxygen atoms in total. The van der Waals surface area contributed by atoms with Gasteiger partial charge in [0.2, 0.25) is 5.91 Å². The molecule has 1 N–H and O–H groups in total. The Labute approximate surface area is 124 Å². The Bertz CT molecular complexity index is 608. The highest BCUT2D eigenvalue weighted by atomic mass is 16.1. The predicted molar refractivity (Wildman–Crippen MR) is 81.2 cm³/mol. The lowest BCUT2D eigenvalue weighted by molar-refractivity contribution is -0.119. The normalized spacial score (nSPS) is 12.1. The monoisotopic (exact) mass is 287 g/mol. The molecular weight excluding hydrogens is 266 g/mol. The molecule has 0 aliphatic carbocycles. The molecule has 0 aliphatic rings. The van der Waals surface area contributed by atoms with Crippen LogP contribution in [0.1, 0.15) is 39.4 Å². The fraction of sp³-hybridized carbons (Fsp3) is 0.467. The minimum atomic E-state index is -0.0115. The van der Waals surface area contributed by atoms with Crippen molar-refractivity contribution in [2.24, 2.45) is 5.92 Å². The van der Waals surface area contributed by atoms with Gasteiger partial charge in [-0.05, 0) is 29.0 Å². The quantitative estimate of drug-likeness (QED) is 0.886. The highest BCUT2D eigenvalue weighted by Crippen LogP contribution is 2.21. The number of aromatic nitrogens is 4. The van der Waals surface area contributed by atoms with E-state index in [1.165, 1.54) is 0 Å². The van der Waals surface area contributed by atoms with Crippen molar-refractivity contribution in [2.75, 3.05) is 5.32 Å². The lowest BCUT2D eigenvalue weighted by Gasteiger charge is -2.14. The molecular formula is C15H21N5O. The van der Waals surface area contributed by atoms with Crippen molar-refractivity contribution in [1.29, 1.82) is 0 Å². The van der Waals surface area contributed by atoms with Crippen molar-refractivity contribution < 1.29 is 4.79 Å². The van der Waals surface area contributed by atoms with Crippen molar-refractivity contribution in [3.63, 3.8) is 0 Å². The molecule has 1 atom stereocenters. The number of nitrogens with one attached hydrogen (secondary N) is 1. The Hall–Kier alpha value is -2.24. The molecule has 21 heavy (non-hydrogen) atoms. The fourth-order valence-electron chi connectivity index (χ4n) is 2.20. The van der Waals surface area contributed by atoms with Gasteiger partial charge in [-0.25, -0.2) is 0 Å². The van der Waals surface area contributed by atoms with Crippen LogP contribution in [0.25, 0.3) is 5.69 Å². The summed E-state index contributed by atoms with van der Waals surface area (Å²) in [7, 11) is 0. The van der Waals surface area contributed by atoms with Crippen LogP contribution in [0.3, 0.4) is 0 Å². The summed E-state index contributed by atoms with van der Waals surface area (Å²) >= 11 is 0. The zero-order valence-corrected chi connectivity index (χ0v) is 12.7. The first-order valence-corrected chi connectivity index (χ1v) is 7.34. The number of para-hydroxylation sites is 2. The van der Waals surface area contributed by atoms with E-state index in [1.807, 2.05) is 38.1 Å². The lowest BCUT2D eigenvalue weighted by Crippen LogP contribution is -2.21. The van der Waals surface area contributed by atoms with E-state index >= 15 is 0 Å². The van der Waals surface area contributed by atoms with Crippen molar-refractivity contribution >= 4 is 11.6 Å². The average Bonchev–Trinajstić information content (AvgIpc) is 2.96. The molecule has 0 spiro atoms. The van der Waals surface area contributed by atoms with Crippen LogP contribution in [0, 0.1) is 5.92 Å². The van der Waals surface area contributed by atoms with E-state index in [9.17, 15) is 4.79 Å². The van der Waals surface area contributed by atoms with Gasteiger partial charge in [-0.2, -0.15) is 4.68 Å². The van der Waals surface area contributed by atoms with E-state index in [2.05, 4.69) is 27.8 Å². The number of tetrazole rings is 1. The predicted octanol–water partition coefficient (Wildman–Crippen LogP) is 2.60. The molecule has 6 heteroatoms. The van der Waals surface area contributed by atoms with E-state index in [1.54, 1.807) is 4.68 Å². The molecule has 112 valence electrons. The van der Waals surface area contributed by atoms with Gasteiger partial charge >= 0.3 is 0 Å². The summed E-state index contributed by atoms with van der Waals surface area (Å²) < 4.78 is 1.67. The second-order valence-corrected chi connectivity index (χ2v) is 5.06. The topological polar surface area (TPSA) is 72.7 Å². The van der Waals surface area contributed by atoms with Crippen LogP contribution in [0.4, 0.5) is 5.69 Å². The van der Waals surface area contributed by atoms with E-state index in [0.29, 0.717) is 0 Å². The molecule has 0 fully saturated rings. The minimum Gasteiger partial charge on any atom is -0.324 e. The summed E-state index contributed by atoms with van der Waals surface area (Å²) in [5.74, 6) is 0.774. The van der Waals surface area contributed by atoms with Crippen LogP contribution in [-0.4, -0.2) is 26.1 Å². The maximum Gasteiger partial charge on any atom is 0.227 e. The Kier molecular flexibility index (Phi) is 5.03. The number of benzene rings is 1.